The topological polar surface area (TPSA) is 159 Å². The fraction of sp³-hybridized carbons (Fsp3) is 0.571. The summed E-state index contributed by atoms with van der Waals surface area (Å²) < 4.78 is 10.2. The molecule has 114 valence electrons. The Bertz CT molecular complexity index is 475. The van der Waals surface area contributed by atoms with E-state index in [1.807, 2.05) is 0 Å². The predicted molar refractivity (Wildman–Crippen MR) is 78.9 cm³/mol. The van der Waals surface area contributed by atoms with Crippen molar-refractivity contribution < 1.29 is 29.3 Å². The number of aromatic nitrogens is 2. The van der Waals surface area contributed by atoms with Gasteiger partial charge in [-0.3, -0.25) is 0 Å². The van der Waals surface area contributed by atoms with E-state index in [4.69, 9.17) is 30.8 Å². The Hall–Kier alpha value is 0.970. The maximum absolute atomic E-state index is 10.5. The number of aliphatic hydroxyl groups is 1. The number of imidazole rings is 1. The van der Waals surface area contributed by atoms with Crippen LogP contribution in [0, 0.1) is 17.0 Å². The number of hydrogen-bond acceptors (Lipinski definition) is 5. The van der Waals surface area contributed by atoms with E-state index in [-0.39, 0.29) is 77.4 Å². The molecule has 0 aliphatic heterocycles. The van der Waals surface area contributed by atoms with Gasteiger partial charge in [0.25, 0.3) is 0 Å². The molecular formula is C7H15ClN3Na2O7P. The van der Waals surface area contributed by atoms with Gasteiger partial charge in [-0.05, 0) is 4.92 Å². The van der Waals surface area contributed by atoms with Gasteiger partial charge < -0.3 is 29.9 Å². The van der Waals surface area contributed by atoms with Gasteiger partial charge in [0.2, 0.25) is 0 Å². The quantitative estimate of drug-likeness (QED) is 0.164. The molecule has 21 heavy (non-hydrogen) atoms. The van der Waals surface area contributed by atoms with Gasteiger partial charge in [0.1, 0.15) is 18.8 Å². The van der Waals surface area contributed by atoms with E-state index in [0.29, 0.717) is 5.82 Å². The standard InChI is InChI=1S/C7H10ClN3O3.2Na.H3O4P.2H/c1-5-9-3-7(11(13)14)10(5)4-6(12)2-8;;;1-5(2,3)4;;/h3,6,12H,2,4H2,1H3;;;(H3,1,2,3,4);;. The van der Waals surface area contributed by atoms with Crippen LogP contribution in [-0.4, -0.2) is 105 Å². The van der Waals surface area contributed by atoms with Gasteiger partial charge in [0, 0.05) is 6.92 Å². The SMILES string of the molecule is Cc1ncc([N+](=O)[O-])n1CC(O)CCl.O=P(O)(O)O.[NaH].[NaH]. The number of nitro groups is 1. The second-order valence-corrected chi connectivity index (χ2v) is 4.69. The van der Waals surface area contributed by atoms with Crippen LogP contribution >= 0.6 is 19.4 Å². The molecule has 0 aliphatic carbocycles. The molecule has 14 heteroatoms. The van der Waals surface area contributed by atoms with Crippen molar-refractivity contribution in [1.29, 1.82) is 0 Å². The van der Waals surface area contributed by atoms with Crippen molar-refractivity contribution in [3.8, 4) is 0 Å². The van der Waals surface area contributed by atoms with Gasteiger partial charge in [-0.15, -0.1) is 11.6 Å². The number of rotatable bonds is 4. The van der Waals surface area contributed by atoms with Crippen LogP contribution in [0.25, 0.3) is 0 Å². The fourth-order valence-corrected chi connectivity index (χ4v) is 1.18. The first-order valence-corrected chi connectivity index (χ1v) is 6.85. The third-order valence-corrected chi connectivity index (χ3v) is 2.15. The van der Waals surface area contributed by atoms with E-state index < -0.39 is 18.8 Å². The second-order valence-electron chi connectivity index (χ2n) is 3.35. The van der Waals surface area contributed by atoms with Gasteiger partial charge in [-0.25, -0.2) is 14.1 Å². The van der Waals surface area contributed by atoms with Gasteiger partial charge in [0.15, 0.2) is 5.82 Å². The van der Waals surface area contributed by atoms with Crippen molar-refractivity contribution in [3.63, 3.8) is 0 Å². The van der Waals surface area contributed by atoms with E-state index in [9.17, 15) is 15.2 Å². The number of alkyl halides is 1. The van der Waals surface area contributed by atoms with Crippen LogP contribution in [0.4, 0.5) is 5.82 Å². The Labute approximate surface area is 169 Å². The van der Waals surface area contributed by atoms with E-state index in [1.165, 1.54) is 4.57 Å². The van der Waals surface area contributed by atoms with Crippen molar-refractivity contribution in [3.05, 3.63) is 22.1 Å². The summed E-state index contributed by atoms with van der Waals surface area (Å²) in [7, 11) is -4.64. The zero-order chi connectivity index (χ0) is 15.2. The Morgan fingerprint density at radius 2 is 1.90 bits per heavy atom. The zero-order valence-electron chi connectivity index (χ0n) is 9.75. The first kappa shape index (κ1) is 26.8. The predicted octanol–water partition coefficient (Wildman–Crippen LogP) is -1.53. The Morgan fingerprint density at radius 1 is 1.48 bits per heavy atom. The molecule has 0 aliphatic rings. The summed E-state index contributed by atoms with van der Waals surface area (Å²) in [6, 6.07) is 0. The summed E-state index contributed by atoms with van der Waals surface area (Å²) in [6.45, 7) is 1.72. The summed E-state index contributed by atoms with van der Waals surface area (Å²) in [6.07, 6.45) is 0.360. The minimum atomic E-state index is -4.64. The molecule has 4 N–H and O–H groups in total. The van der Waals surface area contributed by atoms with E-state index in [0.717, 1.165) is 6.20 Å². The number of aliphatic hydroxyl groups excluding tert-OH is 1. The molecule has 1 aromatic heterocycles. The van der Waals surface area contributed by atoms with Crippen molar-refractivity contribution in [2.24, 2.45) is 0 Å². The Kier molecular flexibility index (Phi) is 15.9. The van der Waals surface area contributed by atoms with Gasteiger partial charge in [0.05, 0.1) is 5.88 Å². The molecule has 1 unspecified atom stereocenters. The van der Waals surface area contributed by atoms with Crippen molar-refractivity contribution in [1.82, 2.24) is 9.55 Å². The maximum atomic E-state index is 10.5. The van der Waals surface area contributed by atoms with Crippen LogP contribution in [0.2, 0.25) is 0 Å². The van der Waals surface area contributed by atoms with Crippen molar-refractivity contribution in [2.75, 3.05) is 5.88 Å². The molecule has 0 aromatic carbocycles. The van der Waals surface area contributed by atoms with Crippen molar-refractivity contribution in [2.45, 2.75) is 19.6 Å². The molecule has 0 bridgehead atoms. The van der Waals surface area contributed by atoms with Crippen LogP contribution in [0.5, 0.6) is 0 Å². The number of hydrogen-bond donors (Lipinski definition) is 4. The minimum absolute atomic E-state index is 0. The first-order valence-electron chi connectivity index (χ1n) is 4.75. The summed E-state index contributed by atoms with van der Waals surface area (Å²) in [4.78, 5) is 35.3. The number of aryl methyl sites for hydroxylation is 1. The van der Waals surface area contributed by atoms with Gasteiger partial charge in [-0.1, -0.05) is 0 Å². The molecule has 0 radical (unpaired) electrons. The third kappa shape index (κ3) is 13.1. The molecule has 1 rings (SSSR count). The molecule has 0 saturated carbocycles. The summed E-state index contributed by atoms with van der Waals surface area (Å²) in [5.41, 5.74) is 0. The van der Waals surface area contributed by atoms with E-state index in [1.54, 1.807) is 6.92 Å². The fourth-order valence-electron chi connectivity index (χ4n) is 1.09. The molecule has 10 nitrogen and oxygen atoms in total. The molecule has 1 atom stereocenters. The molecule has 0 spiro atoms. The Balaban J connectivity index is -0.000000405. The normalized spacial score (nSPS) is 11.3. The van der Waals surface area contributed by atoms with Crippen LogP contribution in [0.1, 0.15) is 5.82 Å². The second kappa shape index (κ2) is 12.4. The number of halogens is 1. The van der Waals surface area contributed by atoms with Crippen LogP contribution in [0.15, 0.2) is 6.20 Å². The first-order chi connectivity index (χ1) is 8.56. The summed E-state index contributed by atoms with van der Waals surface area (Å²) in [5.74, 6) is 0.391. The third-order valence-electron chi connectivity index (χ3n) is 1.79. The number of nitrogens with zero attached hydrogens (tertiary/aromatic N) is 3. The summed E-state index contributed by atoms with van der Waals surface area (Å²) >= 11 is 5.40. The molecule has 0 amide bonds. The van der Waals surface area contributed by atoms with Gasteiger partial charge >= 0.3 is 72.8 Å². The van der Waals surface area contributed by atoms with Crippen LogP contribution in [-0.2, 0) is 11.1 Å². The monoisotopic (exact) mass is 365 g/mol. The Morgan fingerprint density at radius 3 is 2.24 bits per heavy atom. The van der Waals surface area contributed by atoms with Gasteiger partial charge in [-0.2, -0.15) is 0 Å². The van der Waals surface area contributed by atoms with Crippen LogP contribution in [0.3, 0.4) is 0 Å². The van der Waals surface area contributed by atoms with Crippen LogP contribution < -0.4 is 0 Å². The van der Waals surface area contributed by atoms with Crippen molar-refractivity contribution >= 4 is 84.4 Å². The average Bonchev–Trinajstić information content (AvgIpc) is 2.58. The van der Waals surface area contributed by atoms with E-state index >= 15 is 0 Å². The number of phosphoric acid groups is 1. The molecule has 0 fully saturated rings. The molecule has 0 saturated heterocycles. The molecular weight excluding hydrogens is 350 g/mol. The van der Waals surface area contributed by atoms with E-state index in [2.05, 4.69) is 4.98 Å². The molecule has 1 aromatic rings. The summed E-state index contributed by atoms with van der Waals surface area (Å²) in [5, 5.41) is 19.8. The average molecular weight is 366 g/mol. The molecule has 1 heterocycles. The zero-order valence-corrected chi connectivity index (χ0v) is 11.4.